The van der Waals surface area contributed by atoms with Crippen molar-refractivity contribution in [3.63, 3.8) is 0 Å². The van der Waals surface area contributed by atoms with Crippen molar-refractivity contribution in [2.24, 2.45) is 5.92 Å². The zero-order valence-electron chi connectivity index (χ0n) is 27.0. The number of benzene rings is 3. The van der Waals surface area contributed by atoms with Crippen molar-refractivity contribution in [3.8, 4) is 11.1 Å². The first-order valence-electron chi connectivity index (χ1n) is 13.9. The Kier molecular flexibility index (Phi) is 16.3. The van der Waals surface area contributed by atoms with Crippen LogP contribution in [0, 0.1) is 31.1 Å². The first-order chi connectivity index (χ1) is 18.2. The van der Waals surface area contributed by atoms with Gasteiger partial charge in [-0.3, -0.25) is 6.08 Å². The van der Waals surface area contributed by atoms with E-state index in [1.54, 1.807) is 0 Å². The van der Waals surface area contributed by atoms with Crippen molar-refractivity contribution >= 4 is 29.0 Å². The molecule has 0 aliphatic heterocycles. The molecule has 0 radical (unpaired) electrons. The Hall–Kier alpha value is -1.53. The number of hydrogen-bond acceptors (Lipinski definition) is 0. The average Bonchev–Trinajstić information content (AvgIpc) is 3.36. The Morgan fingerprint density at radius 2 is 1.32 bits per heavy atom. The molecule has 0 amide bonds. The van der Waals surface area contributed by atoms with Gasteiger partial charge in [0.25, 0.3) is 0 Å². The molecule has 0 aromatic heterocycles. The third-order valence-corrected chi connectivity index (χ3v) is 7.65. The molecule has 3 heteroatoms. The van der Waals surface area contributed by atoms with E-state index in [2.05, 4.69) is 129 Å². The number of rotatable bonds is 0. The molecule has 222 valence electrons. The first-order valence-corrected chi connectivity index (χ1v) is 15.7. The van der Waals surface area contributed by atoms with Crippen molar-refractivity contribution in [3.05, 3.63) is 117 Å². The summed E-state index contributed by atoms with van der Waals surface area (Å²) in [4.78, 5) is 0. The Balaban J connectivity index is 0.000000665. The number of allylic oxidation sites excluding steroid dienone is 4. The van der Waals surface area contributed by atoms with Gasteiger partial charge in [0.1, 0.15) is 0 Å². The van der Waals surface area contributed by atoms with Gasteiger partial charge < -0.3 is 0 Å². The Bertz CT molecular complexity index is 1260. The fraction of sp³-hybridized carbons (Fsp3) is 0.395. The van der Waals surface area contributed by atoms with E-state index in [0.29, 0.717) is 5.92 Å². The monoisotopic (exact) mass is 665 g/mol. The molecule has 0 saturated carbocycles. The zero-order chi connectivity index (χ0) is 29.5. The minimum absolute atomic E-state index is 0. The Labute approximate surface area is 279 Å². The topological polar surface area (TPSA) is 0 Å². The molecule has 0 N–H and O–H groups in total. The molecule has 2 aliphatic carbocycles. The van der Waals surface area contributed by atoms with Crippen LogP contribution in [0.4, 0.5) is 0 Å². The fourth-order valence-corrected chi connectivity index (χ4v) is 4.62. The molecule has 5 rings (SSSR count). The van der Waals surface area contributed by atoms with Crippen LogP contribution in [0.5, 0.6) is 0 Å². The van der Waals surface area contributed by atoms with E-state index in [1.165, 1.54) is 79.9 Å². The van der Waals surface area contributed by atoms with Gasteiger partial charge in [-0.25, -0.2) is 5.57 Å². The zero-order valence-corrected chi connectivity index (χ0v) is 31.1. The molecule has 0 saturated heterocycles. The van der Waals surface area contributed by atoms with E-state index >= 15 is 0 Å². The molecular formula is C38H49Cl2Zr-3. The van der Waals surface area contributed by atoms with E-state index in [1.807, 2.05) is 24.3 Å². The predicted molar refractivity (Wildman–Crippen MR) is 183 cm³/mol. The van der Waals surface area contributed by atoms with Crippen LogP contribution in [0.1, 0.15) is 97.1 Å². The first kappa shape index (κ1) is 39.5. The molecule has 0 fully saturated rings. The molecule has 3 aromatic carbocycles. The van der Waals surface area contributed by atoms with E-state index in [0.717, 1.165) is 6.42 Å². The maximum atomic E-state index is 3.53. The van der Waals surface area contributed by atoms with E-state index in [-0.39, 0.29) is 35.6 Å². The predicted octanol–water partition coefficient (Wildman–Crippen LogP) is 11.0. The quantitative estimate of drug-likeness (QED) is 0.164. The van der Waals surface area contributed by atoms with Crippen LogP contribution in [-0.2, 0) is 41.5 Å². The Morgan fingerprint density at radius 3 is 1.71 bits per heavy atom. The van der Waals surface area contributed by atoms with Gasteiger partial charge in [0.15, 0.2) is 0 Å². The summed E-state index contributed by atoms with van der Waals surface area (Å²) >= 11 is 1.30. The van der Waals surface area contributed by atoms with Crippen LogP contribution in [-0.4, -0.2) is 4.21 Å². The third kappa shape index (κ3) is 10.9. The van der Waals surface area contributed by atoms with Gasteiger partial charge in [-0.2, -0.15) is 76.4 Å². The molecule has 1 unspecified atom stereocenters. The second kappa shape index (κ2) is 16.9. The molecule has 0 bridgehead atoms. The number of fused-ring (bicyclic) bond motifs is 3. The van der Waals surface area contributed by atoms with E-state index in [4.69, 9.17) is 0 Å². The number of aryl methyl sites for hydroxylation is 1. The van der Waals surface area contributed by atoms with Crippen LogP contribution in [0.3, 0.4) is 0 Å². The average molecular weight is 668 g/mol. The summed E-state index contributed by atoms with van der Waals surface area (Å²) in [6.45, 7) is 24.4. The summed E-state index contributed by atoms with van der Waals surface area (Å²) in [5.41, 5.74) is 14.3. The molecule has 1 atom stereocenters. The van der Waals surface area contributed by atoms with Crippen LogP contribution in [0.2, 0.25) is 0 Å². The summed E-state index contributed by atoms with van der Waals surface area (Å²) in [7, 11) is 0. The van der Waals surface area contributed by atoms with Gasteiger partial charge in [-0.15, -0.1) is 37.3 Å². The SMILES string of the molecule is CC(C)(C)c1c[c-]c2c(c1)-c1cc(C(C)(C)C)ccc1C2.CC1=[C-]C(C)C(C)=C1C.Cc1cc[c-]cc1.Cl.Cl.[CH2]=[Zr]. The molecule has 2 aliphatic rings. The Morgan fingerprint density at radius 1 is 0.780 bits per heavy atom. The summed E-state index contributed by atoms with van der Waals surface area (Å²) in [5, 5.41) is 0. The normalized spacial score (nSPS) is 14.7. The van der Waals surface area contributed by atoms with Crippen LogP contribution in [0.25, 0.3) is 11.1 Å². The number of halogens is 2. The summed E-state index contributed by atoms with van der Waals surface area (Å²) in [6.07, 6.45) is 4.39. The summed E-state index contributed by atoms with van der Waals surface area (Å²) in [5.74, 6) is 0.560. The molecule has 0 nitrogen and oxygen atoms in total. The second-order valence-corrected chi connectivity index (χ2v) is 12.7. The van der Waals surface area contributed by atoms with Gasteiger partial charge in [0.2, 0.25) is 0 Å². The van der Waals surface area contributed by atoms with Crippen molar-refractivity contribution in [2.45, 2.75) is 93.4 Å². The van der Waals surface area contributed by atoms with Crippen molar-refractivity contribution in [2.75, 3.05) is 0 Å². The van der Waals surface area contributed by atoms with Gasteiger partial charge in [-0.05, 0) is 17.4 Å². The van der Waals surface area contributed by atoms with Crippen LogP contribution >= 0.6 is 24.8 Å². The van der Waals surface area contributed by atoms with Crippen LogP contribution < -0.4 is 0 Å². The van der Waals surface area contributed by atoms with Crippen molar-refractivity contribution in [1.82, 2.24) is 0 Å². The second-order valence-electron chi connectivity index (χ2n) is 12.7. The fourth-order valence-electron chi connectivity index (χ4n) is 4.62. The molecule has 41 heavy (non-hydrogen) atoms. The minimum atomic E-state index is 0. The van der Waals surface area contributed by atoms with Gasteiger partial charge in [-0.1, -0.05) is 110 Å². The third-order valence-electron chi connectivity index (χ3n) is 7.65. The molecule has 0 spiro atoms. The van der Waals surface area contributed by atoms with Crippen LogP contribution in [0.15, 0.2) is 71.3 Å². The van der Waals surface area contributed by atoms with Crippen molar-refractivity contribution in [1.29, 1.82) is 0 Å². The van der Waals surface area contributed by atoms with E-state index in [9.17, 15) is 0 Å². The van der Waals surface area contributed by atoms with Gasteiger partial charge in [0, 0.05) is 0 Å². The molecular weight excluding hydrogens is 619 g/mol. The summed E-state index contributed by atoms with van der Waals surface area (Å²) < 4.78 is 3.34. The number of hydrogen-bond donors (Lipinski definition) is 0. The van der Waals surface area contributed by atoms with Crippen molar-refractivity contribution < 1.29 is 24.2 Å². The standard InChI is InChI=1S/C21H25.C9H13.C7H7.CH2.2ClH.Zr/c1-20(2,3)16-9-7-14-11-15-8-10-17(21(4,5)6)13-19(15)18(14)12-16;1-6-5-7(2)9(4)8(6)3;1-7-5-3-2-4-6-7;;;;/h7,9-10,12-13H,11H2,1-6H3;6H,1-4H3;3-6H,1H3;1H2;2*1H;/q3*-1;;;;. The summed E-state index contributed by atoms with van der Waals surface area (Å²) in [6, 6.07) is 25.9. The van der Waals surface area contributed by atoms with E-state index < -0.39 is 0 Å². The molecule has 0 heterocycles. The molecule has 3 aromatic rings. The van der Waals surface area contributed by atoms with Gasteiger partial charge >= 0.3 is 28.4 Å². The van der Waals surface area contributed by atoms with Gasteiger partial charge in [0.05, 0.1) is 0 Å². The maximum absolute atomic E-state index is 3.53.